The van der Waals surface area contributed by atoms with Gasteiger partial charge in [0, 0.05) is 17.8 Å². The molecule has 9 heteroatoms. The molecule has 0 bridgehead atoms. The van der Waals surface area contributed by atoms with E-state index in [9.17, 15) is 14.4 Å². The van der Waals surface area contributed by atoms with Gasteiger partial charge < -0.3 is 25.8 Å². The van der Waals surface area contributed by atoms with E-state index in [1.54, 1.807) is 20.1 Å². The summed E-state index contributed by atoms with van der Waals surface area (Å²) < 4.78 is 20.1. The van der Waals surface area contributed by atoms with E-state index in [0.29, 0.717) is 11.4 Å². The highest BCUT2D eigenvalue weighted by molar-refractivity contribution is 5.67. The molecule has 0 unspecified atom stereocenters. The Kier molecular flexibility index (Phi) is 6.80. The fourth-order valence-corrected chi connectivity index (χ4v) is 3.70. The molecule has 8 nitrogen and oxygen atoms in total. The maximum Gasteiger partial charge on any atom is 0.404 e. The van der Waals surface area contributed by atoms with Gasteiger partial charge in [0.1, 0.15) is 11.8 Å². The van der Waals surface area contributed by atoms with Crippen LogP contribution < -0.4 is 20.7 Å². The lowest BCUT2D eigenvalue weighted by Gasteiger charge is -2.38. The molecule has 1 saturated carbocycles. The Morgan fingerprint density at radius 2 is 2.10 bits per heavy atom. The minimum absolute atomic E-state index is 0.0310. The number of hydrogen-bond donors (Lipinski definition) is 4. The number of rotatable bonds is 8. The summed E-state index contributed by atoms with van der Waals surface area (Å²) in [5.41, 5.74) is 1.64. The molecule has 1 aliphatic rings. The Balaban J connectivity index is 1.90. The summed E-state index contributed by atoms with van der Waals surface area (Å²) in [4.78, 5) is 15.4. The SMILES string of the molecule is COc1cc(Nc2nc(N[C@H](C3CCC3)[C@H](C)NC(=O)O)c(F)cc2C#N)ccc1C. The van der Waals surface area contributed by atoms with Gasteiger partial charge in [-0.3, -0.25) is 0 Å². The number of carboxylic acid groups (broad SMARTS) is 1. The van der Waals surface area contributed by atoms with Gasteiger partial charge in [0.05, 0.1) is 18.7 Å². The first-order chi connectivity index (χ1) is 14.8. The molecule has 1 aliphatic carbocycles. The van der Waals surface area contributed by atoms with E-state index in [-0.39, 0.29) is 29.2 Å². The molecule has 164 valence electrons. The number of ether oxygens (including phenoxy) is 1. The van der Waals surface area contributed by atoms with Crippen LogP contribution in [0.5, 0.6) is 5.75 Å². The third-order valence-electron chi connectivity index (χ3n) is 5.62. The summed E-state index contributed by atoms with van der Waals surface area (Å²) in [5.74, 6) is 0.370. The standard InChI is InChI=1S/C22H26FN5O3/c1-12-7-8-16(10-18(12)31-3)26-20-15(11-24)9-17(23)21(28-20)27-19(14-5-4-6-14)13(2)25-22(29)30/h7-10,13-14,19,25H,4-6H2,1-3H3,(H,29,30)(H2,26,27,28)/t13-,19-/m0/s1. The molecule has 1 amide bonds. The van der Waals surface area contributed by atoms with Crippen LogP contribution in [0.3, 0.4) is 0 Å². The molecule has 4 N–H and O–H groups in total. The molecule has 31 heavy (non-hydrogen) atoms. The van der Waals surface area contributed by atoms with Gasteiger partial charge in [0.25, 0.3) is 0 Å². The first-order valence-corrected chi connectivity index (χ1v) is 10.1. The second-order valence-corrected chi connectivity index (χ2v) is 7.74. The molecule has 1 heterocycles. The van der Waals surface area contributed by atoms with Crippen LogP contribution in [0.4, 0.5) is 26.5 Å². The minimum Gasteiger partial charge on any atom is -0.496 e. The van der Waals surface area contributed by atoms with Gasteiger partial charge in [-0.05, 0) is 50.3 Å². The molecule has 0 saturated heterocycles. The van der Waals surface area contributed by atoms with Crippen molar-refractivity contribution in [1.29, 1.82) is 5.26 Å². The lowest BCUT2D eigenvalue weighted by Crippen LogP contribution is -2.50. The highest BCUT2D eigenvalue weighted by Gasteiger charge is 2.33. The fourth-order valence-electron chi connectivity index (χ4n) is 3.70. The molecule has 2 aromatic rings. The Bertz CT molecular complexity index is 1000. The number of amides is 1. The Morgan fingerprint density at radius 3 is 2.68 bits per heavy atom. The lowest BCUT2D eigenvalue weighted by atomic mass is 9.77. The summed E-state index contributed by atoms with van der Waals surface area (Å²) in [5, 5.41) is 27.1. The third kappa shape index (κ3) is 5.15. The van der Waals surface area contributed by atoms with Crippen molar-refractivity contribution in [2.45, 2.75) is 45.2 Å². The molecular formula is C22H26FN5O3. The zero-order valence-electron chi connectivity index (χ0n) is 17.7. The molecule has 0 radical (unpaired) electrons. The van der Waals surface area contributed by atoms with Crippen LogP contribution in [0, 0.1) is 30.0 Å². The van der Waals surface area contributed by atoms with Gasteiger partial charge >= 0.3 is 6.09 Å². The second kappa shape index (κ2) is 9.51. The number of halogens is 1. The first kappa shape index (κ1) is 22.2. The highest BCUT2D eigenvalue weighted by atomic mass is 19.1. The van der Waals surface area contributed by atoms with Gasteiger partial charge in [-0.2, -0.15) is 5.26 Å². The van der Waals surface area contributed by atoms with Crippen molar-refractivity contribution < 1.29 is 19.0 Å². The minimum atomic E-state index is -1.14. The van der Waals surface area contributed by atoms with E-state index >= 15 is 0 Å². The van der Waals surface area contributed by atoms with Crippen LogP contribution in [0.15, 0.2) is 24.3 Å². The summed E-state index contributed by atoms with van der Waals surface area (Å²) in [6.07, 6.45) is 1.77. The highest BCUT2D eigenvalue weighted by Crippen LogP contribution is 2.34. The number of hydrogen-bond acceptors (Lipinski definition) is 6. The first-order valence-electron chi connectivity index (χ1n) is 10.1. The lowest BCUT2D eigenvalue weighted by molar-refractivity contribution is 0.180. The molecule has 3 rings (SSSR count). The van der Waals surface area contributed by atoms with Crippen LogP contribution in [-0.4, -0.2) is 35.4 Å². The summed E-state index contributed by atoms with van der Waals surface area (Å²) in [6.45, 7) is 3.65. The Labute approximate surface area is 180 Å². The van der Waals surface area contributed by atoms with Crippen LogP contribution in [0.25, 0.3) is 0 Å². The molecule has 0 spiro atoms. The number of nitrogens with one attached hydrogen (secondary N) is 3. The van der Waals surface area contributed by atoms with E-state index < -0.39 is 18.0 Å². The zero-order chi connectivity index (χ0) is 22.5. The van der Waals surface area contributed by atoms with Gasteiger partial charge in [0.2, 0.25) is 0 Å². The number of nitrogens with zero attached hydrogens (tertiary/aromatic N) is 2. The maximum atomic E-state index is 14.7. The molecule has 1 aromatic heterocycles. The van der Waals surface area contributed by atoms with E-state index in [2.05, 4.69) is 20.9 Å². The van der Waals surface area contributed by atoms with Crippen LogP contribution in [0.1, 0.15) is 37.3 Å². The average Bonchev–Trinajstić information content (AvgIpc) is 2.68. The van der Waals surface area contributed by atoms with Crippen molar-refractivity contribution in [3.05, 3.63) is 41.2 Å². The van der Waals surface area contributed by atoms with Gasteiger partial charge in [-0.15, -0.1) is 0 Å². The molecular weight excluding hydrogens is 401 g/mol. The zero-order valence-corrected chi connectivity index (χ0v) is 17.7. The number of benzene rings is 1. The average molecular weight is 427 g/mol. The van der Waals surface area contributed by atoms with Crippen molar-refractivity contribution >= 4 is 23.4 Å². The van der Waals surface area contributed by atoms with E-state index in [1.165, 1.54) is 0 Å². The number of nitriles is 1. The molecule has 1 fully saturated rings. The van der Waals surface area contributed by atoms with E-state index in [1.807, 2.05) is 25.1 Å². The monoisotopic (exact) mass is 427 g/mol. The predicted molar refractivity (Wildman–Crippen MR) is 115 cm³/mol. The Hall–Kier alpha value is -3.54. The fraction of sp³-hybridized carbons (Fsp3) is 0.409. The van der Waals surface area contributed by atoms with Gasteiger partial charge in [-0.25, -0.2) is 14.2 Å². The van der Waals surface area contributed by atoms with Crippen molar-refractivity contribution in [1.82, 2.24) is 10.3 Å². The van der Waals surface area contributed by atoms with Crippen LogP contribution in [0.2, 0.25) is 0 Å². The largest absolute Gasteiger partial charge is 0.496 e. The topological polar surface area (TPSA) is 119 Å². The smallest absolute Gasteiger partial charge is 0.404 e. The van der Waals surface area contributed by atoms with Gasteiger partial charge in [0.15, 0.2) is 17.5 Å². The predicted octanol–water partition coefficient (Wildman–Crippen LogP) is 4.39. The Morgan fingerprint density at radius 1 is 1.35 bits per heavy atom. The molecule has 1 aromatic carbocycles. The van der Waals surface area contributed by atoms with Crippen molar-refractivity contribution in [2.75, 3.05) is 17.7 Å². The second-order valence-electron chi connectivity index (χ2n) is 7.74. The van der Waals surface area contributed by atoms with Crippen molar-refractivity contribution in [3.8, 4) is 11.8 Å². The van der Waals surface area contributed by atoms with E-state index in [4.69, 9.17) is 9.84 Å². The summed E-state index contributed by atoms with van der Waals surface area (Å²) >= 11 is 0. The van der Waals surface area contributed by atoms with Crippen molar-refractivity contribution in [3.63, 3.8) is 0 Å². The summed E-state index contributed by atoms with van der Waals surface area (Å²) in [6, 6.07) is 7.75. The number of anilines is 3. The number of methoxy groups -OCH3 is 1. The third-order valence-corrected chi connectivity index (χ3v) is 5.62. The van der Waals surface area contributed by atoms with Crippen LogP contribution in [-0.2, 0) is 0 Å². The van der Waals surface area contributed by atoms with E-state index in [0.717, 1.165) is 30.9 Å². The normalized spacial score (nSPS) is 15.2. The number of aromatic nitrogens is 1. The quantitative estimate of drug-likeness (QED) is 0.493. The number of aryl methyl sites for hydroxylation is 1. The van der Waals surface area contributed by atoms with Gasteiger partial charge in [-0.1, -0.05) is 12.5 Å². The molecule has 2 atom stereocenters. The number of carbonyl (C=O) groups is 1. The summed E-state index contributed by atoms with van der Waals surface area (Å²) in [7, 11) is 1.57. The maximum absolute atomic E-state index is 14.7. The number of pyridine rings is 1. The van der Waals surface area contributed by atoms with Crippen LogP contribution >= 0.6 is 0 Å². The molecule has 0 aliphatic heterocycles. The van der Waals surface area contributed by atoms with Crippen molar-refractivity contribution in [2.24, 2.45) is 5.92 Å².